The van der Waals surface area contributed by atoms with Gasteiger partial charge >= 0.3 is 12.4 Å². The molecule has 0 aliphatic rings. The first-order valence-corrected chi connectivity index (χ1v) is 4.22. The van der Waals surface area contributed by atoms with Crippen molar-refractivity contribution >= 4 is 0 Å². The van der Waals surface area contributed by atoms with Crippen molar-refractivity contribution < 1.29 is 30.7 Å². The zero-order chi connectivity index (χ0) is 13.4. The highest BCUT2D eigenvalue weighted by Gasteiger charge is 2.43. The van der Waals surface area contributed by atoms with Crippen LogP contribution in [0.2, 0.25) is 0 Å². The average molecular weight is 261 g/mol. The van der Waals surface area contributed by atoms with Crippen molar-refractivity contribution in [2.75, 3.05) is 0 Å². The number of nitrogens with two attached hydrogens (primary N) is 1. The van der Waals surface area contributed by atoms with Gasteiger partial charge in [0.1, 0.15) is 11.9 Å². The molecule has 0 amide bonds. The van der Waals surface area contributed by atoms with Gasteiger partial charge in [0.05, 0.1) is 5.56 Å². The first kappa shape index (κ1) is 13.8. The van der Waals surface area contributed by atoms with Gasteiger partial charge in [-0.2, -0.15) is 26.3 Å². The summed E-state index contributed by atoms with van der Waals surface area (Å²) in [5.74, 6) is -1.28. The van der Waals surface area contributed by atoms with Crippen LogP contribution in [0.4, 0.5) is 30.7 Å². The second-order valence-electron chi connectivity index (χ2n) is 3.25. The third-order valence-corrected chi connectivity index (χ3v) is 2.01. The number of hydrogen-bond acceptors (Lipinski definition) is 1. The number of halogens is 7. The highest BCUT2D eigenvalue weighted by atomic mass is 19.4. The summed E-state index contributed by atoms with van der Waals surface area (Å²) in [5, 5.41) is 0. The van der Waals surface area contributed by atoms with Crippen LogP contribution in [0.3, 0.4) is 0 Å². The van der Waals surface area contributed by atoms with Crippen LogP contribution in [0.25, 0.3) is 0 Å². The molecule has 2 N–H and O–H groups in total. The van der Waals surface area contributed by atoms with E-state index in [2.05, 4.69) is 5.73 Å². The van der Waals surface area contributed by atoms with E-state index >= 15 is 0 Å². The fourth-order valence-corrected chi connectivity index (χ4v) is 1.22. The maximum absolute atomic E-state index is 12.6. The van der Waals surface area contributed by atoms with Crippen LogP contribution < -0.4 is 5.73 Å². The Balaban J connectivity index is 3.34. The van der Waals surface area contributed by atoms with E-state index in [1.807, 2.05) is 0 Å². The van der Waals surface area contributed by atoms with Crippen LogP contribution in [0.15, 0.2) is 18.2 Å². The first-order valence-electron chi connectivity index (χ1n) is 4.22. The van der Waals surface area contributed by atoms with Gasteiger partial charge in [0.2, 0.25) is 0 Å². The van der Waals surface area contributed by atoms with Crippen LogP contribution in [-0.2, 0) is 6.18 Å². The summed E-state index contributed by atoms with van der Waals surface area (Å²) >= 11 is 0. The Bertz CT molecular complexity index is 407. The standard InChI is InChI=1S/C9H6F7N/c10-4-1-2-5(7(17)9(14,15)16)6(3-4)8(11,12)13/h1-3,7H,17H2/t7-/m1/s1. The highest BCUT2D eigenvalue weighted by Crippen LogP contribution is 2.39. The van der Waals surface area contributed by atoms with Crippen molar-refractivity contribution in [1.82, 2.24) is 0 Å². The van der Waals surface area contributed by atoms with Gasteiger partial charge in [0.25, 0.3) is 0 Å². The van der Waals surface area contributed by atoms with Crippen molar-refractivity contribution in [3.63, 3.8) is 0 Å². The molecule has 1 rings (SSSR count). The first-order chi connectivity index (χ1) is 7.53. The predicted molar refractivity (Wildman–Crippen MR) is 44.4 cm³/mol. The normalized spacial score (nSPS) is 14.8. The summed E-state index contributed by atoms with van der Waals surface area (Å²) in [6, 6.07) is -1.94. The molecule has 1 aromatic carbocycles. The quantitative estimate of drug-likeness (QED) is 0.770. The summed E-state index contributed by atoms with van der Waals surface area (Å²) in [5.41, 5.74) is 1.75. The van der Waals surface area contributed by atoms with E-state index in [9.17, 15) is 30.7 Å². The van der Waals surface area contributed by atoms with E-state index in [1.165, 1.54) is 0 Å². The van der Waals surface area contributed by atoms with Crippen LogP contribution in [0.5, 0.6) is 0 Å². The van der Waals surface area contributed by atoms with Gasteiger partial charge in [0, 0.05) is 0 Å². The van der Waals surface area contributed by atoms with E-state index in [1.54, 1.807) is 0 Å². The van der Waals surface area contributed by atoms with Gasteiger partial charge in [0.15, 0.2) is 0 Å². The molecule has 0 bridgehead atoms. The van der Waals surface area contributed by atoms with Crippen molar-refractivity contribution in [2.45, 2.75) is 18.4 Å². The number of hydrogen-bond donors (Lipinski definition) is 1. The minimum absolute atomic E-state index is 0.0130. The highest BCUT2D eigenvalue weighted by molar-refractivity contribution is 5.33. The molecule has 1 aromatic rings. The van der Waals surface area contributed by atoms with E-state index in [0.717, 1.165) is 0 Å². The lowest BCUT2D eigenvalue weighted by atomic mass is 10.00. The van der Waals surface area contributed by atoms with Crippen LogP contribution in [0, 0.1) is 5.82 Å². The van der Waals surface area contributed by atoms with Gasteiger partial charge in [-0.25, -0.2) is 4.39 Å². The second-order valence-corrected chi connectivity index (χ2v) is 3.25. The molecule has 0 unspecified atom stereocenters. The molecule has 1 nitrogen and oxygen atoms in total. The second kappa shape index (κ2) is 4.17. The van der Waals surface area contributed by atoms with E-state index in [4.69, 9.17) is 0 Å². The molecular weight excluding hydrogens is 255 g/mol. The van der Waals surface area contributed by atoms with Crippen molar-refractivity contribution in [3.8, 4) is 0 Å². The van der Waals surface area contributed by atoms with Crippen molar-refractivity contribution in [1.29, 1.82) is 0 Å². The lowest BCUT2D eigenvalue weighted by Gasteiger charge is -2.20. The number of benzene rings is 1. The van der Waals surface area contributed by atoms with Crippen LogP contribution in [0.1, 0.15) is 17.2 Å². The van der Waals surface area contributed by atoms with Crippen LogP contribution >= 0.6 is 0 Å². The van der Waals surface area contributed by atoms with Gasteiger partial charge < -0.3 is 5.73 Å². The molecule has 0 aromatic heterocycles. The molecule has 0 aliphatic carbocycles. The molecule has 8 heteroatoms. The maximum atomic E-state index is 12.6. The fraction of sp³-hybridized carbons (Fsp3) is 0.333. The van der Waals surface area contributed by atoms with E-state index in [0.29, 0.717) is 12.1 Å². The van der Waals surface area contributed by atoms with Crippen molar-refractivity contribution in [2.24, 2.45) is 5.73 Å². The Morgan fingerprint density at radius 2 is 1.53 bits per heavy atom. The molecule has 0 heterocycles. The predicted octanol–water partition coefficient (Wildman–Crippen LogP) is 3.41. The van der Waals surface area contributed by atoms with Crippen LogP contribution in [-0.4, -0.2) is 6.18 Å². The SMILES string of the molecule is N[C@H](c1ccc(F)cc1C(F)(F)F)C(F)(F)F. The molecule has 1 atom stereocenters. The summed E-state index contributed by atoms with van der Waals surface area (Å²) in [6.07, 6.45) is -10.1. The number of rotatable bonds is 1. The summed E-state index contributed by atoms with van der Waals surface area (Å²) < 4.78 is 86.4. The van der Waals surface area contributed by atoms with E-state index in [-0.39, 0.29) is 6.07 Å². The summed E-state index contributed by atoms with van der Waals surface area (Å²) in [6.45, 7) is 0. The zero-order valence-corrected chi connectivity index (χ0v) is 8.03. The Morgan fingerprint density at radius 1 is 1.00 bits per heavy atom. The van der Waals surface area contributed by atoms with Crippen molar-refractivity contribution in [3.05, 3.63) is 35.1 Å². The molecule has 0 fully saturated rings. The Kier molecular flexibility index (Phi) is 3.37. The fourth-order valence-electron chi connectivity index (χ4n) is 1.22. The third kappa shape index (κ3) is 3.09. The zero-order valence-electron chi connectivity index (χ0n) is 8.03. The molecule has 0 spiro atoms. The van der Waals surface area contributed by atoms with Gasteiger partial charge in [-0.1, -0.05) is 6.07 Å². The molecule has 0 radical (unpaired) electrons. The Hall–Kier alpha value is -1.31. The molecule has 17 heavy (non-hydrogen) atoms. The average Bonchev–Trinajstić information content (AvgIpc) is 2.14. The molecule has 0 saturated heterocycles. The topological polar surface area (TPSA) is 26.0 Å². The number of alkyl halides is 6. The minimum atomic E-state index is -5.10. The summed E-state index contributed by atoms with van der Waals surface area (Å²) in [4.78, 5) is 0. The lowest BCUT2D eigenvalue weighted by molar-refractivity contribution is -0.155. The van der Waals surface area contributed by atoms with Gasteiger partial charge in [-0.3, -0.25) is 0 Å². The summed E-state index contributed by atoms with van der Waals surface area (Å²) in [7, 11) is 0. The minimum Gasteiger partial charge on any atom is -0.316 e. The van der Waals surface area contributed by atoms with Gasteiger partial charge in [-0.05, 0) is 17.7 Å². The monoisotopic (exact) mass is 261 g/mol. The smallest absolute Gasteiger partial charge is 0.316 e. The Labute approximate surface area is 91.0 Å². The molecule has 0 saturated carbocycles. The largest absolute Gasteiger partial charge is 0.416 e. The molecule has 0 aliphatic heterocycles. The molecule has 96 valence electrons. The lowest BCUT2D eigenvalue weighted by Crippen LogP contribution is -2.30. The van der Waals surface area contributed by atoms with Gasteiger partial charge in [-0.15, -0.1) is 0 Å². The third-order valence-electron chi connectivity index (χ3n) is 2.01. The molecular formula is C9H6F7N. The van der Waals surface area contributed by atoms with E-state index < -0.39 is 35.3 Å². The Morgan fingerprint density at radius 3 is 1.94 bits per heavy atom. The maximum Gasteiger partial charge on any atom is 0.416 e.